The smallest absolute Gasteiger partial charge is 0.248 e. The Morgan fingerprint density at radius 1 is 0.768 bits per heavy atom. The summed E-state index contributed by atoms with van der Waals surface area (Å²) in [6, 6.07) is 16.6. The highest BCUT2D eigenvalue weighted by Crippen LogP contribution is 2.44. The molecule has 0 saturated carbocycles. The van der Waals surface area contributed by atoms with Crippen LogP contribution in [0.2, 0.25) is 0 Å². The van der Waals surface area contributed by atoms with Crippen molar-refractivity contribution in [2.75, 3.05) is 75.4 Å². The van der Waals surface area contributed by atoms with Gasteiger partial charge in [0.2, 0.25) is 11.8 Å². The Hall–Kier alpha value is -7.72. The zero-order valence-electron chi connectivity index (χ0n) is 39.7. The molecule has 0 radical (unpaired) electrons. The first-order chi connectivity index (χ1) is 33.4. The SMILES string of the molecule is C=C(C)C(=O)N1CCC2(CC1)CN(c1ccc(-c3cc(OCC)c(/C=C/C(C)C(=O)N4CC5(CCN(c6ccc(-c7cc(OCC)cn8ncc(C#N)c78)cn6)CC5)C4)n4ncc(C#N)c34)cn1)C2. The van der Waals surface area contributed by atoms with Crippen LogP contribution in [-0.2, 0) is 9.59 Å². The molecule has 2 amide bonds. The summed E-state index contributed by atoms with van der Waals surface area (Å²) in [5.74, 6) is 2.78. The van der Waals surface area contributed by atoms with Gasteiger partial charge in [-0.1, -0.05) is 19.6 Å². The molecule has 69 heavy (non-hydrogen) atoms. The van der Waals surface area contributed by atoms with Crippen molar-refractivity contribution in [2.24, 2.45) is 16.7 Å². The van der Waals surface area contributed by atoms with Crippen molar-refractivity contribution in [3.05, 3.63) is 102 Å². The number of carbonyl (C=O) groups is 2. The Morgan fingerprint density at radius 3 is 1.97 bits per heavy atom. The van der Waals surface area contributed by atoms with Crippen LogP contribution >= 0.6 is 0 Å². The second kappa shape index (κ2) is 18.1. The van der Waals surface area contributed by atoms with Crippen LogP contribution in [0, 0.1) is 39.4 Å². The van der Waals surface area contributed by atoms with Crippen molar-refractivity contribution in [1.29, 1.82) is 10.5 Å². The number of aromatic nitrogens is 6. The molecule has 4 aliphatic heterocycles. The molecule has 4 fully saturated rings. The maximum atomic E-state index is 13.9. The molecular weight excluding hydrogens is 869 g/mol. The number of hydrogen-bond acceptors (Lipinski definition) is 12. The highest BCUT2D eigenvalue weighted by Gasteiger charge is 2.48. The highest BCUT2D eigenvalue weighted by atomic mass is 16.5. The summed E-state index contributed by atoms with van der Waals surface area (Å²) < 4.78 is 15.4. The van der Waals surface area contributed by atoms with E-state index in [1.54, 1.807) is 34.5 Å². The summed E-state index contributed by atoms with van der Waals surface area (Å²) in [6.45, 7) is 18.8. The Kier molecular flexibility index (Phi) is 11.8. The van der Waals surface area contributed by atoms with E-state index in [2.05, 4.69) is 38.7 Å². The van der Waals surface area contributed by atoms with Gasteiger partial charge in [0.25, 0.3) is 0 Å². The normalized spacial score (nSPS) is 17.7. The van der Waals surface area contributed by atoms with E-state index in [-0.39, 0.29) is 22.6 Å². The van der Waals surface area contributed by atoms with Gasteiger partial charge < -0.3 is 29.1 Å². The van der Waals surface area contributed by atoms with Gasteiger partial charge in [0, 0.05) is 103 Å². The van der Waals surface area contributed by atoms with E-state index in [0.29, 0.717) is 52.6 Å². The van der Waals surface area contributed by atoms with Gasteiger partial charge in [0.1, 0.15) is 41.0 Å². The number of hydrogen-bond donors (Lipinski definition) is 0. The number of fused-ring (bicyclic) bond motifs is 2. The molecule has 352 valence electrons. The second-order valence-corrected chi connectivity index (χ2v) is 19.2. The second-order valence-electron chi connectivity index (χ2n) is 19.2. The van der Waals surface area contributed by atoms with Crippen LogP contribution in [0.4, 0.5) is 11.6 Å². The zero-order chi connectivity index (χ0) is 48.0. The number of carbonyl (C=O) groups excluding carboxylic acids is 2. The topological polar surface area (TPSA) is 174 Å². The summed E-state index contributed by atoms with van der Waals surface area (Å²) in [5, 5.41) is 29.0. The molecule has 2 spiro atoms. The van der Waals surface area contributed by atoms with Crippen molar-refractivity contribution in [3.63, 3.8) is 0 Å². The third kappa shape index (κ3) is 8.28. The molecular formula is C53H56N12O4. The van der Waals surface area contributed by atoms with Crippen LogP contribution in [0.1, 0.15) is 70.2 Å². The lowest BCUT2D eigenvalue weighted by Gasteiger charge is -2.54. The van der Waals surface area contributed by atoms with E-state index in [4.69, 9.17) is 19.4 Å². The number of nitrogens with zero attached hydrogens (tertiary/aromatic N) is 12. The van der Waals surface area contributed by atoms with Crippen LogP contribution in [0.5, 0.6) is 11.5 Å². The number of pyridine rings is 4. The van der Waals surface area contributed by atoms with Crippen molar-refractivity contribution in [1.82, 2.24) is 39.0 Å². The van der Waals surface area contributed by atoms with Crippen LogP contribution in [-0.4, -0.2) is 116 Å². The van der Waals surface area contributed by atoms with Crippen LogP contribution in [0.15, 0.2) is 85.6 Å². The van der Waals surface area contributed by atoms with Gasteiger partial charge in [0.05, 0.1) is 59.9 Å². The van der Waals surface area contributed by atoms with E-state index in [1.165, 1.54) is 0 Å². The summed E-state index contributed by atoms with van der Waals surface area (Å²) >= 11 is 0. The minimum absolute atomic E-state index is 0.0480. The largest absolute Gasteiger partial charge is 0.492 e. The quantitative estimate of drug-likeness (QED) is 0.111. The zero-order valence-corrected chi connectivity index (χ0v) is 39.7. The van der Waals surface area contributed by atoms with E-state index in [0.717, 1.165) is 117 Å². The molecule has 16 heteroatoms. The molecule has 0 bridgehead atoms. The monoisotopic (exact) mass is 924 g/mol. The molecule has 6 aromatic heterocycles. The van der Waals surface area contributed by atoms with Gasteiger partial charge in [-0.25, -0.2) is 19.0 Å². The maximum Gasteiger partial charge on any atom is 0.248 e. The van der Waals surface area contributed by atoms with Crippen molar-refractivity contribution in [3.8, 4) is 45.9 Å². The molecule has 1 unspecified atom stereocenters. The summed E-state index contributed by atoms with van der Waals surface area (Å²) in [5.41, 5.74) is 7.13. The molecule has 0 aromatic carbocycles. The molecule has 4 saturated heterocycles. The number of nitriles is 2. The summed E-state index contributed by atoms with van der Waals surface area (Å²) in [7, 11) is 0. The molecule has 16 nitrogen and oxygen atoms in total. The fourth-order valence-electron chi connectivity index (χ4n) is 10.8. The van der Waals surface area contributed by atoms with Crippen LogP contribution in [0.25, 0.3) is 39.4 Å². The fourth-order valence-corrected chi connectivity index (χ4v) is 10.8. The standard InChI is InChI=1S/C53H56N12O4/c1-6-68-41-22-42(48-39(24-54)28-58-64(48)30-41)37-9-12-46(56-26-37)60-18-14-53(15-19-60)33-63(34-53)51(67)36(5)8-11-44-45(69-7-2)23-43(49-40(25-55)29-59-65(44)49)38-10-13-47(57-27-38)62-31-52(32-62)16-20-61(21-17-52)50(66)35(3)4/h8-13,22-23,26-30,36H,3,6-7,14-21,31-34H2,1-2,4-5H3/b11-8+. The van der Waals surface area contributed by atoms with Crippen molar-refractivity contribution < 1.29 is 19.1 Å². The molecule has 10 heterocycles. The summed E-state index contributed by atoms with van der Waals surface area (Å²) in [6.07, 6.45) is 16.3. The van der Waals surface area contributed by atoms with Crippen molar-refractivity contribution >= 4 is 40.6 Å². The average Bonchev–Trinajstić information content (AvgIpc) is 3.98. The number of likely N-dealkylation sites (tertiary alicyclic amines) is 2. The predicted molar refractivity (Wildman–Crippen MR) is 263 cm³/mol. The van der Waals surface area contributed by atoms with Crippen LogP contribution < -0.4 is 19.3 Å². The molecule has 6 aromatic rings. The van der Waals surface area contributed by atoms with Crippen LogP contribution in [0.3, 0.4) is 0 Å². The van der Waals surface area contributed by atoms with Gasteiger partial charge in [-0.2, -0.15) is 20.7 Å². The van der Waals surface area contributed by atoms with E-state index in [1.807, 2.05) is 91.5 Å². The first-order valence-corrected chi connectivity index (χ1v) is 23.9. The van der Waals surface area contributed by atoms with E-state index >= 15 is 0 Å². The minimum atomic E-state index is -0.397. The summed E-state index contributed by atoms with van der Waals surface area (Å²) in [4.78, 5) is 44.5. The average molecular weight is 925 g/mol. The minimum Gasteiger partial charge on any atom is -0.492 e. The lowest BCUT2D eigenvalue weighted by molar-refractivity contribution is -0.147. The van der Waals surface area contributed by atoms with Gasteiger partial charge in [0.15, 0.2) is 0 Å². The predicted octanol–water partition coefficient (Wildman–Crippen LogP) is 7.43. The van der Waals surface area contributed by atoms with Gasteiger partial charge in [-0.15, -0.1) is 0 Å². The van der Waals surface area contributed by atoms with Gasteiger partial charge in [-0.3, -0.25) is 9.59 Å². The van der Waals surface area contributed by atoms with E-state index in [9.17, 15) is 20.1 Å². The Morgan fingerprint density at radius 2 is 1.36 bits per heavy atom. The molecule has 4 aliphatic rings. The van der Waals surface area contributed by atoms with Crippen molar-refractivity contribution in [2.45, 2.75) is 53.4 Å². The van der Waals surface area contributed by atoms with Gasteiger partial charge >= 0.3 is 0 Å². The Labute approximate surface area is 401 Å². The Bertz CT molecular complexity index is 3070. The molecule has 1 atom stereocenters. The van der Waals surface area contributed by atoms with E-state index < -0.39 is 5.92 Å². The number of rotatable bonds is 12. The number of amides is 2. The first kappa shape index (κ1) is 45.1. The maximum absolute atomic E-state index is 13.9. The lowest BCUT2D eigenvalue weighted by Crippen LogP contribution is -2.62. The van der Waals surface area contributed by atoms with Gasteiger partial charge in [-0.05, 0) is 88.9 Å². The third-order valence-electron chi connectivity index (χ3n) is 14.6. The first-order valence-electron chi connectivity index (χ1n) is 23.9. The third-order valence-corrected chi connectivity index (χ3v) is 14.6. The highest BCUT2D eigenvalue weighted by molar-refractivity contribution is 5.92. The number of piperidine rings is 2. The fraction of sp³-hybridized carbons (Fsp3) is 0.396. The lowest BCUT2D eigenvalue weighted by atomic mass is 9.71. The molecule has 0 aliphatic carbocycles. The number of ether oxygens (including phenoxy) is 2. The Balaban J connectivity index is 0.776. The molecule has 0 N–H and O–H groups in total. The number of anilines is 2. The molecule has 10 rings (SSSR count).